The lowest BCUT2D eigenvalue weighted by Crippen LogP contribution is -2.08. The Morgan fingerprint density at radius 2 is 2.06 bits per heavy atom. The molecular weight excluding hydrogens is 202 g/mol. The van der Waals surface area contributed by atoms with E-state index in [0.29, 0.717) is 17.9 Å². The first kappa shape index (κ1) is 12.6. The van der Waals surface area contributed by atoms with Crippen LogP contribution >= 0.6 is 0 Å². The van der Waals surface area contributed by atoms with E-state index in [1.165, 1.54) is 5.56 Å². The molecular formula is C13H19NO2. The molecule has 16 heavy (non-hydrogen) atoms. The second kappa shape index (κ2) is 6.16. The second-order valence-corrected chi connectivity index (χ2v) is 3.85. The van der Waals surface area contributed by atoms with Crippen molar-refractivity contribution in [1.82, 2.24) is 0 Å². The molecule has 0 radical (unpaired) electrons. The number of nitrogen functional groups attached to an aromatic ring is 1. The van der Waals surface area contributed by atoms with E-state index in [4.69, 9.17) is 10.5 Å². The second-order valence-electron chi connectivity index (χ2n) is 3.85. The molecule has 3 heteroatoms. The van der Waals surface area contributed by atoms with E-state index in [2.05, 4.69) is 6.92 Å². The topological polar surface area (TPSA) is 52.3 Å². The molecule has 1 rings (SSSR count). The van der Waals surface area contributed by atoms with Gasteiger partial charge in [-0.2, -0.15) is 0 Å². The molecule has 0 aliphatic heterocycles. The molecule has 0 saturated heterocycles. The number of anilines is 1. The van der Waals surface area contributed by atoms with Crippen LogP contribution in [0.25, 0.3) is 0 Å². The predicted octanol–water partition coefficient (Wildman–Crippen LogP) is 2.93. The summed E-state index contributed by atoms with van der Waals surface area (Å²) in [7, 11) is 0. The van der Waals surface area contributed by atoms with Gasteiger partial charge in [-0.05, 0) is 30.5 Å². The van der Waals surface area contributed by atoms with Crippen molar-refractivity contribution in [2.24, 2.45) is 0 Å². The monoisotopic (exact) mass is 221 g/mol. The zero-order valence-corrected chi connectivity index (χ0v) is 9.95. The normalized spacial score (nSPS) is 10.1. The zero-order chi connectivity index (χ0) is 12.0. The molecule has 0 unspecified atom stereocenters. The van der Waals surface area contributed by atoms with Crippen LogP contribution in [0.4, 0.5) is 5.69 Å². The summed E-state index contributed by atoms with van der Waals surface area (Å²) in [6.07, 6.45) is 3.28. The molecule has 1 aromatic carbocycles. The van der Waals surface area contributed by atoms with E-state index in [9.17, 15) is 4.79 Å². The highest BCUT2D eigenvalue weighted by molar-refractivity contribution is 5.74. The van der Waals surface area contributed by atoms with Crippen LogP contribution < -0.4 is 10.5 Å². The number of carbonyl (C=O) groups is 1. The Kier molecular flexibility index (Phi) is 4.83. The molecule has 3 nitrogen and oxygen atoms in total. The first-order chi connectivity index (χ1) is 7.67. The predicted molar refractivity (Wildman–Crippen MR) is 65.4 cm³/mol. The summed E-state index contributed by atoms with van der Waals surface area (Å²) < 4.78 is 5.15. The Morgan fingerprint density at radius 3 is 2.62 bits per heavy atom. The molecule has 0 aromatic heterocycles. The summed E-state index contributed by atoms with van der Waals surface area (Å²) in [6.45, 7) is 4.06. The number of benzene rings is 1. The lowest BCUT2D eigenvalue weighted by Gasteiger charge is -2.08. The van der Waals surface area contributed by atoms with Gasteiger partial charge in [-0.3, -0.25) is 4.79 Å². The number of esters is 1. The Morgan fingerprint density at radius 1 is 1.31 bits per heavy atom. The van der Waals surface area contributed by atoms with E-state index in [1.54, 1.807) is 6.07 Å². The third-order valence-electron chi connectivity index (χ3n) is 2.29. The minimum Gasteiger partial charge on any atom is -0.424 e. The molecule has 88 valence electrons. The van der Waals surface area contributed by atoms with Crippen LogP contribution in [0.2, 0.25) is 0 Å². The van der Waals surface area contributed by atoms with Gasteiger partial charge >= 0.3 is 5.97 Å². The number of nitrogens with two attached hydrogens (primary N) is 1. The van der Waals surface area contributed by atoms with Gasteiger partial charge in [0.15, 0.2) is 5.75 Å². The molecule has 1 aromatic rings. The zero-order valence-electron chi connectivity index (χ0n) is 9.95. The van der Waals surface area contributed by atoms with E-state index in [1.807, 2.05) is 19.1 Å². The van der Waals surface area contributed by atoms with Gasteiger partial charge < -0.3 is 10.5 Å². The summed E-state index contributed by atoms with van der Waals surface area (Å²) in [5.74, 6) is 0.246. The van der Waals surface area contributed by atoms with Crippen LogP contribution in [0.5, 0.6) is 5.75 Å². The van der Waals surface area contributed by atoms with Crippen molar-refractivity contribution in [3.05, 3.63) is 23.8 Å². The van der Waals surface area contributed by atoms with Crippen molar-refractivity contribution in [1.29, 1.82) is 0 Å². The first-order valence-corrected chi connectivity index (χ1v) is 5.76. The molecule has 0 bridgehead atoms. The van der Waals surface area contributed by atoms with Crippen LogP contribution in [-0.4, -0.2) is 5.97 Å². The minimum absolute atomic E-state index is 0.225. The number of aryl methyl sites for hydroxylation is 1. The van der Waals surface area contributed by atoms with Gasteiger partial charge in [-0.15, -0.1) is 0 Å². The molecule has 0 amide bonds. The maximum atomic E-state index is 11.3. The van der Waals surface area contributed by atoms with Crippen molar-refractivity contribution in [2.45, 2.75) is 39.5 Å². The third kappa shape index (κ3) is 3.57. The molecule has 0 saturated carbocycles. The first-order valence-electron chi connectivity index (χ1n) is 5.76. The summed E-state index contributed by atoms with van der Waals surface area (Å²) in [5.41, 5.74) is 7.53. The highest BCUT2D eigenvalue weighted by Gasteiger charge is 2.07. The molecule has 0 fully saturated rings. The van der Waals surface area contributed by atoms with E-state index >= 15 is 0 Å². The van der Waals surface area contributed by atoms with Crippen molar-refractivity contribution < 1.29 is 9.53 Å². The van der Waals surface area contributed by atoms with E-state index in [-0.39, 0.29) is 5.97 Å². The number of hydrogen-bond acceptors (Lipinski definition) is 3. The molecule has 2 N–H and O–H groups in total. The van der Waals surface area contributed by atoms with Gasteiger partial charge in [0, 0.05) is 6.42 Å². The van der Waals surface area contributed by atoms with Gasteiger partial charge in [0.1, 0.15) is 0 Å². The van der Waals surface area contributed by atoms with Crippen LogP contribution in [0.3, 0.4) is 0 Å². The van der Waals surface area contributed by atoms with Gasteiger partial charge in [0.25, 0.3) is 0 Å². The maximum Gasteiger partial charge on any atom is 0.311 e. The average molecular weight is 221 g/mol. The fourth-order valence-corrected chi connectivity index (χ4v) is 1.51. The number of hydrogen-bond donors (Lipinski definition) is 1. The van der Waals surface area contributed by atoms with Crippen LogP contribution in [-0.2, 0) is 11.2 Å². The Hall–Kier alpha value is -1.51. The van der Waals surface area contributed by atoms with E-state index < -0.39 is 0 Å². The molecule has 0 aliphatic rings. The van der Waals surface area contributed by atoms with Crippen molar-refractivity contribution >= 4 is 11.7 Å². The van der Waals surface area contributed by atoms with Crippen molar-refractivity contribution in [2.75, 3.05) is 5.73 Å². The lowest BCUT2D eigenvalue weighted by molar-refractivity contribution is -0.134. The highest BCUT2D eigenvalue weighted by Crippen LogP contribution is 2.23. The quantitative estimate of drug-likeness (QED) is 0.472. The number of rotatable bonds is 5. The minimum atomic E-state index is -0.225. The number of carbonyl (C=O) groups excluding carboxylic acids is 1. The Bertz CT molecular complexity index is 361. The third-order valence-corrected chi connectivity index (χ3v) is 2.29. The summed E-state index contributed by atoms with van der Waals surface area (Å²) >= 11 is 0. The highest BCUT2D eigenvalue weighted by atomic mass is 16.5. The van der Waals surface area contributed by atoms with Gasteiger partial charge in [-0.1, -0.05) is 26.3 Å². The largest absolute Gasteiger partial charge is 0.424 e. The van der Waals surface area contributed by atoms with Crippen molar-refractivity contribution in [3.63, 3.8) is 0 Å². The fourth-order valence-electron chi connectivity index (χ4n) is 1.51. The molecule has 0 heterocycles. The van der Waals surface area contributed by atoms with Crippen LogP contribution in [0.1, 0.15) is 38.7 Å². The Labute approximate surface area is 96.6 Å². The smallest absolute Gasteiger partial charge is 0.311 e. The summed E-state index contributed by atoms with van der Waals surface area (Å²) in [6, 6.07) is 5.60. The number of ether oxygens (including phenoxy) is 1. The summed E-state index contributed by atoms with van der Waals surface area (Å²) in [5, 5.41) is 0. The van der Waals surface area contributed by atoms with Crippen LogP contribution in [0.15, 0.2) is 18.2 Å². The van der Waals surface area contributed by atoms with Gasteiger partial charge in [0.05, 0.1) is 5.69 Å². The standard InChI is InChI=1S/C13H19NO2/c1-3-5-10-7-8-12(11(14)9-10)16-13(15)6-4-2/h7-9H,3-6,14H2,1-2H3. The fraction of sp³-hybridized carbons (Fsp3) is 0.462. The Balaban J connectivity index is 2.71. The lowest BCUT2D eigenvalue weighted by atomic mass is 10.1. The molecule has 0 atom stereocenters. The van der Waals surface area contributed by atoms with Crippen LogP contribution in [0, 0.1) is 0 Å². The van der Waals surface area contributed by atoms with Crippen molar-refractivity contribution in [3.8, 4) is 5.75 Å². The summed E-state index contributed by atoms with van der Waals surface area (Å²) in [4.78, 5) is 11.3. The maximum absolute atomic E-state index is 11.3. The SMILES string of the molecule is CCCC(=O)Oc1ccc(CCC)cc1N. The molecule has 0 spiro atoms. The average Bonchev–Trinajstić information content (AvgIpc) is 2.23. The van der Waals surface area contributed by atoms with Gasteiger partial charge in [0.2, 0.25) is 0 Å². The van der Waals surface area contributed by atoms with Gasteiger partial charge in [-0.25, -0.2) is 0 Å². The van der Waals surface area contributed by atoms with E-state index in [0.717, 1.165) is 19.3 Å². The molecule has 0 aliphatic carbocycles.